The highest BCUT2D eigenvalue weighted by Crippen LogP contribution is 2.21. The number of nitrogens with one attached hydrogen (secondary N) is 1. The van der Waals surface area contributed by atoms with Gasteiger partial charge < -0.3 is 10.2 Å². The van der Waals surface area contributed by atoms with Crippen LogP contribution in [-0.4, -0.2) is 6.61 Å². The van der Waals surface area contributed by atoms with Gasteiger partial charge in [0.2, 0.25) is 0 Å². The van der Waals surface area contributed by atoms with E-state index in [2.05, 4.69) is 25.3 Å². The third kappa shape index (κ3) is 3.15. The van der Waals surface area contributed by atoms with Gasteiger partial charge in [0, 0.05) is 0 Å². The van der Waals surface area contributed by atoms with Gasteiger partial charge >= 0.3 is 0 Å². The number of nitrogens with two attached hydrogens (primary N) is 1. The fraction of sp³-hybridized carbons (Fsp3) is 0.364. The number of nitriles is 1. The monoisotopic (exact) mass is 205 g/mol. The second-order valence-electron chi connectivity index (χ2n) is 3.67. The molecule has 0 radical (unpaired) electrons. The van der Waals surface area contributed by atoms with Crippen LogP contribution in [0.15, 0.2) is 18.2 Å². The molecule has 0 aliphatic carbocycles. The maximum absolute atomic E-state index is 8.91. The first kappa shape index (κ1) is 11.3. The van der Waals surface area contributed by atoms with Crippen molar-refractivity contribution < 1.29 is 4.74 Å². The minimum Gasteiger partial charge on any atom is -0.492 e. The standard InChI is InChI=1S/C11H15N3O/c1-8(2)7-15-11-4-3-10(14-13)5-9(11)6-12/h3-5,8,14H,7,13H2,1-2H3. The largest absolute Gasteiger partial charge is 0.492 e. The van der Waals surface area contributed by atoms with Gasteiger partial charge in [0.05, 0.1) is 17.9 Å². The smallest absolute Gasteiger partial charge is 0.137 e. The summed E-state index contributed by atoms with van der Waals surface area (Å²) in [5, 5.41) is 8.91. The summed E-state index contributed by atoms with van der Waals surface area (Å²) >= 11 is 0. The number of nitrogens with zero attached hydrogens (tertiary/aromatic N) is 1. The minimum absolute atomic E-state index is 0.434. The van der Waals surface area contributed by atoms with Gasteiger partial charge in [0.15, 0.2) is 0 Å². The van der Waals surface area contributed by atoms with Crippen LogP contribution < -0.4 is 16.0 Å². The van der Waals surface area contributed by atoms with Crippen molar-refractivity contribution in [3.05, 3.63) is 23.8 Å². The van der Waals surface area contributed by atoms with E-state index in [1.54, 1.807) is 18.2 Å². The molecule has 4 nitrogen and oxygen atoms in total. The average Bonchev–Trinajstić information content (AvgIpc) is 2.25. The Kier molecular flexibility index (Phi) is 3.95. The van der Waals surface area contributed by atoms with E-state index >= 15 is 0 Å². The molecule has 0 spiro atoms. The van der Waals surface area contributed by atoms with E-state index in [1.165, 1.54) is 0 Å². The molecule has 0 aliphatic heterocycles. The summed E-state index contributed by atoms with van der Waals surface area (Å²) in [5.74, 6) is 6.28. The van der Waals surface area contributed by atoms with Crippen molar-refractivity contribution >= 4 is 5.69 Å². The number of hydrazine groups is 1. The zero-order valence-corrected chi connectivity index (χ0v) is 8.95. The molecule has 0 unspecified atom stereocenters. The van der Waals surface area contributed by atoms with E-state index in [0.29, 0.717) is 29.5 Å². The zero-order valence-electron chi connectivity index (χ0n) is 8.95. The highest BCUT2D eigenvalue weighted by atomic mass is 16.5. The molecule has 4 heteroatoms. The molecule has 1 rings (SSSR count). The van der Waals surface area contributed by atoms with E-state index in [0.717, 1.165) is 0 Å². The Morgan fingerprint density at radius 1 is 1.53 bits per heavy atom. The Morgan fingerprint density at radius 2 is 2.27 bits per heavy atom. The second-order valence-corrected chi connectivity index (χ2v) is 3.67. The molecule has 0 aromatic heterocycles. The van der Waals surface area contributed by atoms with Gasteiger partial charge in [0.1, 0.15) is 11.8 Å². The van der Waals surface area contributed by atoms with Gasteiger partial charge in [-0.1, -0.05) is 13.8 Å². The fourth-order valence-electron chi connectivity index (χ4n) is 1.09. The molecule has 0 amide bonds. The van der Waals surface area contributed by atoms with Gasteiger partial charge in [-0.2, -0.15) is 5.26 Å². The maximum Gasteiger partial charge on any atom is 0.137 e. The minimum atomic E-state index is 0.434. The molecule has 0 atom stereocenters. The summed E-state index contributed by atoms with van der Waals surface area (Å²) in [6, 6.07) is 7.26. The molecule has 3 N–H and O–H groups in total. The highest BCUT2D eigenvalue weighted by Gasteiger charge is 2.05. The first-order chi connectivity index (χ1) is 7.17. The van der Waals surface area contributed by atoms with Gasteiger partial charge in [-0.25, -0.2) is 0 Å². The third-order valence-corrected chi connectivity index (χ3v) is 1.84. The lowest BCUT2D eigenvalue weighted by Gasteiger charge is -2.10. The van der Waals surface area contributed by atoms with Crippen LogP contribution in [-0.2, 0) is 0 Å². The van der Waals surface area contributed by atoms with Crippen molar-refractivity contribution in [2.45, 2.75) is 13.8 Å². The highest BCUT2D eigenvalue weighted by molar-refractivity contribution is 5.54. The van der Waals surface area contributed by atoms with Crippen LogP contribution in [0.1, 0.15) is 19.4 Å². The van der Waals surface area contributed by atoms with E-state index in [1.807, 2.05) is 0 Å². The van der Waals surface area contributed by atoms with Gasteiger partial charge in [0.25, 0.3) is 0 Å². The summed E-state index contributed by atoms with van der Waals surface area (Å²) in [5.41, 5.74) is 3.68. The number of hydrogen-bond donors (Lipinski definition) is 2. The van der Waals surface area contributed by atoms with Crippen molar-refractivity contribution in [3.63, 3.8) is 0 Å². The van der Waals surface area contributed by atoms with Crippen LogP contribution in [0.5, 0.6) is 5.75 Å². The first-order valence-electron chi connectivity index (χ1n) is 4.81. The molecule has 1 aromatic rings. The number of anilines is 1. The second kappa shape index (κ2) is 5.23. The van der Waals surface area contributed by atoms with Crippen LogP contribution in [0.2, 0.25) is 0 Å². The number of ether oxygens (including phenoxy) is 1. The van der Waals surface area contributed by atoms with Crippen molar-refractivity contribution in [2.24, 2.45) is 11.8 Å². The van der Waals surface area contributed by atoms with Crippen LogP contribution in [0.25, 0.3) is 0 Å². The lowest BCUT2D eigenvalue weighted by atomic mass is 10.2. The molecule has 0 aliphatic rings. The summed E-state index contributed by atoms with van der Waals surface area (Å²) < 4.78 is 5.50. The van der Waals surface area contributed by atoms with Crippen molar-refractivity contribution in [1.29, 1.82) is 5.26 Å². The number of benzene rings is 1. The summed E-state index contributed by atoms with van der Waals surface area (Å²) in [4.78, 5) is 0. The number of nitrogen functional groups attached to an aromatic ring is 1. The summed E-state index contributed by atoms with van der Waals surface area (Å²) in [7, 11) is 0. The fourth-order valence-corrected chi connectivity index (χ4v) is 1.09. The lowest BCUT2D eigenvalue weighted by Crippen LogP contribution is -2.08. The Balaban J connectivity index is 2.84. The summed E-state index contributed by atoms with van der Waals surface area (Å²) in [6.07, 6.45) is 0. The van der Waals surface area contributed by atoms with Gasteiger partial charge in [-0.05, 0) is 24.1 Å². The molecular weight excluding hydrogens is 190 g/mol. The molecule has 0 fully saturated rings. The first-order valence-corrected chi connectivity index (χ1v) is 4.81. The van der Waals surface area contributed by atoms with Crippen molar-refractivity contribution in [3.8, 4) is 11.8 Å². The quantitative estimate of drug-likeness (QED) is 0.581. The van der Waals surface area contributed by atoms with E-state index in [4.69, 9.17) is 15.8 Å². The molecule has 80 valence electrons. The molecule has 0 bridgehead atoms. The van der Waals surface area contributed by atoms with Gasteiger partial charge in [-0.15, -0.1) is 0 Å². The number of hydrogen-bond acceptors (Lipinski definition) is 4. The van der Waals surface area contributed by atoms with E-state index in [-0.39, 0.29) is 0 Å². The average molecular weight is 205 g/mol. The predicted molar refractivity (Wildman–Crippen MR) is 59.3 cm³/mol. The maximum atomic E-state index is 8.91. The normalized spacial score (nSPS) is 9.80. The molecule has 0 saturated heterocycles. The zero-order chi connectivity index (χ0) is 11.3. The molecule has 0 saturated carbocycles. The Hall–Kier alpha value is -1.73. The van der Waals surface area contributed by atoms with Crippen LogP contribution in [0.4, 0.5) is 5.69 Å². The molecule has 15 heavy (non-hydrogen) atoms. The Bertz CT molecular complexity index is 369. The number of rotatable bonds is 4. The van der Waals surface area contributed by atoms with Gasteiger partial charge in [-0.3, -0.25) is 5.84 Å². The third-order valence-electron chi connectivity index (χ3n) is 1.84. The van der Waals surface area contributed by atoms with Crippen molar-refractivity contribution in [2.75, 3.05) is 12.0 Å². The summed E-state index contributed by atoms with van der Waals surface area (Å²) in [6.45, 7) is 4.72. The Morgan fingerprint density at radius 3 is 2.80 bits per heavy atom. The Labute approximate surface area is 89.6 Å². The van der Waals surface area contributed by atoms with Crippen LogP contribution in [0.3, 0.4) is 0 Å². The van der Waals surface area contributed by atoms with Crippen molar-refractivity contribution in [1.82, 2.24) is 0 Å². The van der Waals surface area contributed by atoms with Crippen LogP contribution in [0, 0.1) is 17.2 Å². The van der Waals surface area contributed by atoms with E-state index in [9.17, 15) is 0 Å². The van der Waals surface area contributed by atoms with Crippen LogP contribution >= 0.6 is 0 Å². The SMILES string of the molecule is CC(C)COc1ccc(NN)cc1C#N. The van der Waals surface area contributed by atoms with E-state index < -0.39 is 0 Å². The lowest BCUT2D eigenvalue weighted by molar-refractivity contribution is 0.270. The predicted octanol–water partition coefficient (Wildman–Crippen LogP) is 1.88. The molecule has 0 heterocycles. The topological polar surface area (TPSA) is 71.1 Å². The molecule has 1 aromatic carbocycles. The molecular formula is C11H15N3O.